The number of allylic oxidation sites excluding steroid dienone is 1. The first-order valence-electron chi connectivity index (χ1n) is 9.92. The molecule has 0 unspecified atom stereocenters. The van der Waals surface area contributed by atoms with E-state index in [0.717, 1.165) is 47.6 Å². The second-order valence-electron chi connectivity index (χ2n) is 7.38. The Labute approximate surface area is 177 Å². The zero-order valence-corrected chi connectivity index (χ0v) is 17.3. The van der Waals surface area contributed by atoms with Gasteiger partial charge in [-0.25, -0.2) is 4.98 Å². The van der Waals surface area contributed by atoms with Crippen LogP contribution in [-0.2, 0) is 12.8 Å². The van der Waals surface area contributed by atoms with Crippen LogP contribution in [-0.4, -0.2) is 17.1 Å². The molecule has 2 aromatic heterocycles. The van der Waals surface area contributed by atoms with Crippen molar-refractivity contribution < 1.29 is 4.74 Å². The Morgan fingerprint density at radius 3 is 2.90 bits per heavy atom. The fourth-order valence-electron chi connectivity index (χ4n) is 4.19. The third-order valence-corrected chi connectivity index (χ3v) is 6.83. The van der Waals surface area contributed by atoms with E-state index in [0.29, 0.717) is 27.4 Å². The number of H-pyrrole nitrogens is 1. The summed E-state index contributed by atoms with van der Waals surface area (Å²) in [7, 11) is 1.61. The van der Waals surface area contributed by atoms with Crippen LogP contribution in [0.15, 0.2) is 41.2 Å². The maximum atomic E-state index is 12.9. The van der Waals surface area contributed by atoms with Gasteiger partial charge in [-0.2, -0.15) is 5.26 Å². The highest BCUT2D eigenvalue weighted by Gasteiger charge is 2.20. The molecule has 2 heterocycles. The third kappa shape index (κ3) is 2.99. The summed E-state index contributed by atoms with van der Waals surface area (Å²) in [5.41, 5.74) is 2.07. The van der Waals surface area contributed by atoms with Gasteiger partial charge < -0.3 is 9.72 Å². The van der Waals surface area contributed by atoms with E-state index in [1.807, 2.05) is 36.4 Å². The summed E-state index contributed by atoms with van der Waals surface area (Å²) in [5, 5.41) is 12.6. The smallest absolute Gasteiger partial charge is 0.260 e. The van der Waals surface area contributed by atoms with Crippen molar-refractivity contribution in [2.45, 2.75) is 25.7 Å². The number of aromatic amines is 1. The summed E-state index contributed by atoms with van der Waals surface area (Å²) in [6.07, 6.45) is 5.92. The van der Waals surface area contributed by atoms with E-state index >= 15 is 0 Å². The van der Waals surface area contributed by atoms with Crippen LogP contribution in [0.25, 0.3) is 32.6 Å². The van der Waals surface area contributed by atoms with E-state index in [2.05, 4.69) is 16.0 Å². The lowest BCUT2D eigenvalue weighted by Gasteiger charge is -2.10. The first-order valence-corrected chi connectivity index (χ1v) is 10.7. The fourth-order valence-corrected chi connectivity index (χ4v) is 5.45. The lowest BCUT2D eigenvalue weighted by atomic mass is 9.97. The summed E-state index contributed by atoms with van der Waals surface area (Å²) < 4.78 is 5.54. The van der Waals surface area contributed by atoms with Crippen LogP contribution in [0.1, 0.15) is 34.7 Å². The average Bonchev–Trinajstić information content (AvgIpc) is 3.16. The molecule has 5 nitrogen and oxygen atoms in total. The highest BCUT2D eigenvalue weighted by molar-refractivity contribution is 7.18. The largest absolute Gasteiger partial charge is 0.496 e. The number of nitrogens with one attached hydrogen (secondary N) is 1. The van der Waals surface area contributed by atoms with Crippen LogP contribution >= 0.6 is 11.3 Å². The molecule has 4 aromatic rings. The van der Waals surface area contributed by atoms with Crippen molar-refractivity contribution in [3.8, 4) is 11.8 Å². The van der Waals surface area contributed by atoms with Crippen LogP contribution in [0.4, 0.5) is 0 Å². The molecule has 1 aliphatic carbocycles. The molecule has 0 fully saturated rings. The Morgan fingerprint density at radius 1 is 1.23 bits per heavy atom. The number of nitriles is 1. The molecule has 30 heavy (non-hydrogen) atoms. The molecule has 0 radical (unpaired) electrons. The minimum absolute atomic E-state index is 0.166. The quantitative estimate of drug-likeness (QED) is 0.475. The number of fused-ring (bicyclic) bond motifs is 4. The van der Waals surface area contributed by atoms with Gasteiger partial charge in [0.1, 0.15) is 16.6 Å². The molecule has 0 bridgehead atoms. The van der Waals surface area contributed by atoms with Gasteiger partial charge in [-0.15, -0.1) is 11.3 Å². The lowest BCUT2D eigenvalue weighted by molar-refractivity contribution is 0.414. The Kier molecular flexibility index (Phi) is 4.61. The molecular weight excluding hydrogens is 394 g/mol. The highest BCUT2D eigenvalue weighted by atomic mass is 32.1. The number of hydrogen-bond donors (Lipinski definition) is 1. The second-order valence-corrected chi connectivity index (χ2v) is 8.46. The van der Waals surface area contributed by atoms with Crippen LogP contribution in [0, 0.1) is 11.3 Å². The number of aryl methyl sites for hydroxylation is 2. The summed E-state index contributed by atoms with van der Waals surface area (Å²) in [6.45, 7) is 0. The van der Waals surface area contributed by atoms with E-state index in [1.165, 1.54) is 4.88 Å². The van der Waals surface area contributed by atoms with E-state index in [1.54, 1.807) is 24.5 Å². The van der Waals surface area contributed by atoms with Gasteiger partial charge in [-0.1, -0.05) is 30.3 Å². The predicted molar refractivity (Wildman–Crippen MR) is 121 cm³/mol. The molecule has 0 saturated heterocycles. The monoisotopic (exact) mass is 413 g/mol. The molecule has 0 saturated carbocycles. The minimum atomic E-state index is -0.166. The molecule has 1 aliphatic rings. The van der Waals surface area contributed by atoms with Gasteiger partial charge >= 0.3 is 0 Å². The van der Waals surface area contributed by atoms with Crippen molar-refractivity contribution in [2.24, 2.45) is 0 Å². The van der Waals surface area contributed by atoms with Crippen molar-refractivity contribution in [1.29, 1.82) is 5.26 Å². The molecule has 0 atom stereocenters. The van der Waals surface area contributed by atoms with Gasteiger partial charge in [-0.3, -0.25) is 4.79 Å². The standard InChI is InChI=1S/C24H19N3O2S/c1-29-19-11-10-14-6-2-3-7-16(14)18(19)12-15(13-25)22-26-23(28)21-17-8-4-5-9-20(17)30-24(21)27-22/h2-3,6-7,10-12H,4-5,8-9H2,1H3,(H,26,27,28)/b15-12+. The Hall–Kier alpha value is -3.43. The molecule has 5 rings (SSSR count). The molecule has 0 aliphatic heterocycles. The van der Waals surface area contributed by atoms with Crippen molar-refractivity contribution in [2.75, 3.05) is 7.11 Å². The maximum Gasteiger partial charge on any atom is 0.260 e. The van der Waals surface area contributed by atoms with E-state index in [9.17, 15) is 10.1 Å². The number of methoxy groups -OCH3 is 1. The molecule has 2 aromatic carbocycles. The van der Waals surface area contributed by atoms with Gasteiger partial charge in [0.15, 0.2) is 5.82 Å². The van der Waals surface area contributed by atoms with Crippen molar-refractivity contribution >= 4 is 44.0 Å². The average molecular weight is 414 g/mol. The van der Waals surface area contributed by atoms with E-state index < -0.39 is 0 Å². The number of benzene rings is 2. The molecule has 148 valence electrons. The van der Waals surface area contributed by atoms with Crippen molar-refractivity contribution in [3.05, 3.63) is 68.6 Å². The van der Waals surface area contributed by atoms with E-state index in [4.69, 9.17) is 4.74 Å². The molecule has 0 spiro atoms. The number of hydrogen-bond acceptors (Lipinski definition) is 5. The Bertz CT molecular complexity index is 1420. The second kappa shape index (κ2) is 7.43. The van der Waals surface area contributed by atoms with Crippen LogP contribution < -0.4 is 10.3 Å². The highest BCUT2D eigenvalue weighted by Crippen LogP contribution is 2.35. The van der Waals surface area contributed by atoms with Crippen LogP contribution in [0.3, 0.4) is 0 Å². The maximum absolute atomic E-state index is 12.9. The number of aromatic nitrogens is 2. The lowest BCUT2D eigenvalue weighted by Crippen LogP contribution is -2.12. The van der Waals surface area contributed by atoms with Gasteiger partial charge in [0, 0.05) is 10.4 Å². The Balaban J connectivity index is 1.71. The van der Waals surface area contributed by atoms with Gasteiger partial charge in [0.05, 0.1) is 18.1 Å². The van der Waals surface area contributed by atoms with Crippen LogP contribution in [0.2, 0.25) is 0 Å². The molecule has 6 heteroatoms. The normalized spacial score (nSPS) is 13.9. The zero-order valence-electron chi connectivity index (χ0n) is 16.5. The van der Waals surface area contributed by atoms with Gasteiger partial charge in [-0.05, 0) is 54.2 Å². The van der Waals surface area contributed by atoms with Crippen molar-refractivity contribution in [3.63, 3.8) is 0 Å². The third-order valence-electron chi connectivity index (χ3n) is 5.64. The fraction of sp³-hybridized carbons (Fsp3) is 0.208. The summed E-state index contributed by atoms with van der Waals surface area (Å²) in [4.78, 5) is 22.4. The molecule has 1 N–H and O–H groups in total. The number of thiophene rings is 1. The predicted octanol–water partition coefficient (Wildman–Crippen LogP) is 5.09. The van der Waals surface area contributed by atoms with Gasteiger partial charge in [0.25, 0.3) is 5.56 Å². The molecule has 0 amide bonds. The number of rotatable bonds is 3. The summed E-state index contributed by atoms with van der Waals surface area (Å²) >= 11 is 1.58. The minimum Gasteiger partial charge on any atom is -0.496 e. The Morgan fingerprint density at radius 2 is 2.07 bits per heavy atom. The van der Waals surface area contributed by atoms with Crippen molar-refractivity contribution in [1.82, 2.24) is 9.97 Å². The first kappa shape index (κ1) is 18.6. The first-order chi connectivity index (χ1) is 14.7. The van der Waals surface area contributed by atoms with Crippen LogP contribution in [0.5, 0.6) is 5.75 Å². The van der Waals surface area contributed by atoms with Gasteiger partial charge in [0.2, 0.25) is 0 Å². The van der Waals surface area contributed by atoms with E-state index in [-0.39, 0.29) is 5.56 Å². The SMILES string of the molecule is COc1ccc2ccccc2c1/C=C(\C#N)c1nc2sc3c(c2c(=O)[nH]1)CCCC3. The summed E-state index contributed by atoms with van der Waals surface area (Å²) in [5.74, 6) is 0.958. The number of nitrogens with zero attached hydrogens (tertiary/aromatic N) is 2. The summed E-state index contributed by atoms with van der Waals surface area (Å²) in [6, 6.07) is 14.0. The molecular formula is C24H19N3O2S. The topological polar surface area (TPSA) is 78.8 Å². The zero-order chi connectivity index (χ0) is 20.7. The number of ether oxygens (including phenoxy) is 1.